The summed E-state index contributed by atoms with van der Waals surface area (Å²) in [4.78, 5) is 12.1. The van der Waals surface area contributed by atoms with Gasteiger partial charge in [-0.15, -0.1) is 0 Å². The maximum Gasteiger partial charge on any atom is 0.312 e. The second-order valence-corrected chi connectivity index (χ2v) is 6.01. The number of esters is 1. The molecule has 2 aliphatic carbocycles. The van der Waals surface area contributed by atoms with Gasteiger partial charge in [0.25, 0.3) is 0 Å². The van der Waals surface area contributed by atoms with Crippen molar-refractivity contribution in [2.75, 3.05) is 0 Å². The predicted octanol–water partition coefficient (Wildman–Crippen LogP) is 1.85. The highest BCUT2D eigenvalue weighted by Crippen LogP contribution is 2.57. The molecule has 2 N–H and O–H groups in total. The van der Waals surface area contributed by atoms with Gasteiger partial charge in [-0.25, -0.2) is 0 Å². The summed E-state index contributed by atoms with van der Waals surface area (Å²) in [5, 5.41) is 0. The molecular formula is C12H21NO2. The van der Waals surface area contributed by atoms with E-state index in [0.717, 1.165) is 25.7 Å². The lowest BCUT2D eigenvalue weighted by Gasteiger charge is -2.45. The second-order valence-electron chi connectivity index (χ2n) is 6.01. The van der Waals surface area contributed by atoms with Gasteiger partial charge in [-0.1, -0.05) is 0 Å². The van der Waals surface area contributed by atoms with Crippen LogP contribution in [0.1, 0.15) is 46.5 Å². The Hall–Kier alpha value is -0.570. The average Bonchev–Trinajstić information content (AvgIpc) is 2.19. The van der Waals surface area contributed by atoms with Crippen LogP contribution in [0.3, 0.4) is 0 Å². The molecule has 0 unspecified atom stereocenters. The Bertz CT molecular complexity index is 282. The van der Waals surface area contributed by atoms with Crippen LogP contribution in [0.4, 0.5) is 0 Å². The molecule has 0 aliphatic heterocycles. The van der Waals surface area contributed by atoms with E-state index in [4.69, 9.17) is 10.5 Å². The molecule has 2 fully saturated rings. The van der Waals surface area contributed by atoms with E-state index in [-0.39, 0.29) is 23.0 Å². The molecule has 2 rings (SSSR count). The molecule has 0 aromatic heterocycles. The Morgan fingerprint density at radius 2 is 1.93 bits per heavy atom. The van der Waals surface area contributed by atoms with Gasteiger partial charge in [-0.2, -0.15) is 0 Å². The highest BCUT2D eigenvalue weighted by molar-refractivity contribution is 5.79. The number of fused-ring (bicyclic) bond motifs is 1. The molecular weight excluding hydrogens is 190 g/mol. The molecule has 0 amide bonds. The molecule has 0 saturated heterocycles. The third-order valence-electron chi connectivity index (χ3n) is 3.86. The summed E-state index contributed by atoms with van der Waals surface area (Å²) in [5.41, 5.74) is 5.41. The van der Waals surface area contributed by atoms with Crippen LogP contribution in [-0.2, 0) is 9.53 Å². The third kappa shape index (κ3) is 1.67. The van der Waals surface area contributed by atoms with Crippen LogP contribution >= 0.6 is 0 Å². The predicted molar refractivity (Wildman–Crippen MR) is 58.2 cm³/mol. The number of carbonyl (C=O) groups excluding carboxylic acids is 1. The largest absolute Gasteiger partial charge is 0.460 e. The van der Waals surface area contributed by atoms with Gasteiger partial charge in [-0.05, 0) is 52.4 Å². The Kier molecular flexibility index (Phi) is 2.34. The minimum atomic E-state index is -0.376. The summed E-state index contributed by atoms with van der Waals surface area (Å²) >= 11 is 0. The maximum absolute atomic E-state index is 12.1. The number of carbonyl (C=O) groups is 1. The molecule has 0 aromatic rings. The zero-order valence-electron chi connectivity index (χ0n) is 9.88. The van der Waals surface area contributed by atoms with Gasteiger partial charge in [0.1, 0.15) is 5.60 Å². The maximum atomic E-state index is 12.1. The van der Waals surface area contributed by atoms with Gasteiger partial charge in [-0.3, -0.25) is 4.79 Å². The fourth-order valence-electron chi connectivity index (χ4n) is 2.95. The van der Waals surface area contributed by atoms with Crippen molar-refractivity contribution in [2.24, 2.45) is 17.1 Å². The number of nitrogens with two attached hydrogens (primary N) is 1. The van der Waals surface area contributed by atoms with Crippen LogP contribution in [0.25, 0.3) is 0 Å². The van der Waals surface area contributed by atoms with Crippen LogP contribution in [0.5, 0.6) is 0 Å². The molecule has 0 heterocycles. The molecule has 2 saturated carbocycles. The van der Waals surface area contributed by atoms with Crippen LogP contribution in [-0.4, -0.2) is 17.6 Å². The summed E-state index contributed by atoms with van der Waals surface area (Å²) < 4.78 is 5.50. The van der Waals surface area contributed by atoms with Crippen molar-refractivity contribution in [3.63, 3.8) is 0 Å². The lowest BCUT2D eigenvalue weighted by molar-refractivity contribution is -0.177. The Morgan fingerprint density at radius 3 is 2.33 bits per heavy atom. The lowest BCUT2D eigenvalue weighted by Crippen LogP contribution is -2.50. The van der Waals surface area contributed by atoms with Gasteiger partial charge in [0.15, 0.2) is 0 Å². The van der Waals surface area contributed by atoms with Crippen molar-refractivity contribution in [1.82, 2.24) is 0 Å². The molecule has 0 bridgehead atoms. The zero-order chi connectivity index (χ0) is 11.3. The SMILES string of the molecule is CC(C)(C)OC(=O)[C@@]12CC[C@H](N)[C@@H]1CC2. The fourth-order valence-corrected chi connectivity index (χ4v) is 2.95. The van der Waals surface area contributed by atoms with E-state index >= 15 is 0 Å². The van der Waals surface area contributed by atoms with E-state index in [0.29, 0.717) is 5.92 Å². The summed E-state index contributed by atoms with van der Waals surface area (Å²) in [5.74, 6) is 0.367. The van der Waals surface area contributed by atoms with Crippen LogP contribution in [0, 0.1) is 11.3 Å². The van der Waals surface area contributed by atoms with E-state index < -0.39 is 0 Å². The molecule has 3 heteroatoms. The number of rotatable bonds is 1. The smallest absolute Gasteiger partial charge is 0.312 e. The highest BCUT2D eigenvalue weighted by Gasteiger charge is 2.59. The summed E-state index contributed by atoms with van der Waals surface area (Å²) in [7, 11) is 0. The molecule has 15 heavy (non-hydrogen) atoms. The van der Waals surface area contributed by atoms with Gasteiger partial charge in [0, 0.05) is 6.04 Å². The van der Waals surface area contributed by atoms with Gasteiger partial charge >= 0.3 is 5.97 Å². The van der Waals surface area contributed by atoms with Crippen molar-refractivity contribution < 1.29 is 9.53 Å². The third-order valence-corrected chi connectivity index (χ3v) is 3.86. The van der Waals surface area contributed by atoms with Crippen molar-refractivity contribution in [2.45, 2.75) is 58.1 Å². The van der Waals surface area contributed by atoms with E-state index in [2.05, 4.69) is 0 Å². The lowest BCUT2D eigenvalue weighted by atomic mass is 9.61. The first-order valence-electron chi connectivity index (χ1n) is 5.84. The normalized spacial score (nSPS) is 39.5. The number of hydrogen-bond acceptors (Lipinski definition) is 3. The minimum Gasteiger partial charge on any atom is -0.460 e. The first kappa shape index (κ1) is 10.9. The summed E-state index contributed by atoms with van der Waals surface area (Å²) in [6.45, 7) is 5.76. The standard InChI is InChI=1S/C12H21NO2/c1-11(2,3)15-10(14)12-6-4-8(12)9(13)5-7-12/h8-9H,4-7,13H2,1-3H3/t8-,9-,12-/m0/s1. The van der Waals surface area contributed by atoms with E-state index in [9.17, 15) is 4.79 Å². The van der Waals surface area contributed by atoms with Gasteiger partial charge < -0.3 is 10.5 Å². The average molecular weight is 211 g/mol. The molecule has 3 atom stereocenters. The highest BCUT2D eigenvalue weighted by atomic mass is 16.6. The topological polar surface area (TPSA) is 52.3 Å². The van der Waals surface area contributed by atoms with Crippen LogP contribution < -0.4 is 5.73 Å². The molecule has 0 spiro atoms. The molecule has 2 aliphatic rings. The first-order chi connectivity index (χ1) is 6.85. The summed E-state index contributed by atoms with van der Waals surface area (Å²) in [6.07, 6.45) is 3.97. The zero-order valence-corrected chi connectivity index (χ0v) is 9.88. The molecule has 0 radical (unpaired) electrons. The minimum absolute atomic E-state index is 0.0146. The van der Waals surface area contributed by atoms with E-state index in [1.54, 1.807) is 0 Å². The monoisotopic (exact) mass is 211 g/mol. The quantitative estimate of drug-likeness (QED) is 0.673. The molecule has 3 nitrogen and oxygen atoms in total. The van der Waals surface area contributed by atoms with Crippen molar-refractivity contribution >= 4 is 5.97 Å². The number of hydrogen-bond donors (Lipinski definition) is 1. The van der Waals surface area contributed by atoms with Crippen molar-refractivity contribution in [1.29, 1.82) is 0 Å². The van der Waals surface area contributed by atoms with Crippen LogP contribution in [0.2, 0.25) is 0 Å². The van der Waals surface area contributed by atoms with Crippen molar-refractivity contribution in [3.05, 3.63) is 0 Å². The van der Waals surface area contributed by atoms with E-state index in [1.165, 1.54) is 0 Å². The Balaban J connectivity index is 2.08. The van der Waals surface area contributed by atoms with E-state index in [1.807, 2.05) is 20.8 Å². The first-order valence-corrected chi connectivity index (χ1v) is 5.84. The molecule has 86 valence electrons. The van der Waals surface area contributed by atoms with Crippen molar-refractivity contribution in [3.8, 4) is 0 Å². The Labute approximate surface area is 91.4 Å². The number of ether oxygens (including phenoxy) is 1. The van der Waals surface area contributed by atoms with Gasteiger partial charge in [0.05, 0.1) is 5.41 Å². The molecule has 0 aromatic carbocycles. The summed E-state index contributed by atoms with van der Waals surface area (Å²) in [6, 6.07) is 0.214. The fraction of sp³-hybridized carbons (Fsp3) is 0.917. The second kappa shape index (κ2) is 3.21. The van der Waals surface area contributed by atoms with Gasteiger partial charge in [0.2, 0.25) is 0 Å². The van der Waals surface area contributed by atoms with Crippen LogP contribution in [0.15, 0.2) is 0 Å². The Morgan fingerprint density at radius 1 is 1.33 bits per heavy atom.